The van der Waals surface area contributed by atoms with Crippen LogP contribution in [0.2, 0.25) is 0 Å². The standard InChI is InChI=1S/C15H22N2/c1-2-5-13(6-3-1)11-17-10-4-7-15-14(12-17)8-9-16-15/h1-3,5-6,14-16H,4,7-12H2. The van der Waals surface area contributed by atoms with Gasteiger partial charge in [-0.2, -0.15) is 0 Å². The monoisotopic (exact) mass is 230 g/mol. The highest BCUT2D eigenvalue weighted by molar-refractivity contribution is 5.14. The summed E-state index contributed by atoms with van der Waals surface area (Å²) in [6, 6.07) is 11.7. The maximum Gasteiger partial charge on any atom is 0.0233 e. The van der Waals surface area contributed by atoms with Crippen molar-refractivity contribution in [3.8, 4) is 0 Å². The Balaban J connectivity index is 1.63. The second kappa shape index (κ2) is 5.19. The Labute approximate surface area is 104 Å². The fourth-order valence-corrected chi connectivity index (χ4v) is 3.32. The molecule has 1 aromatic rings. The van der Waals surface area contributed by atoms with Gasteiger partial charge in [0.2, 0.25) is 0 Å². The zero-order chi connectivity index (χ0) is 11.5. The molecule has 2 fully saturated rings. The molecule has 0 aliphatic carbocycles. The molecule has 0 bridgehead atoms. The molecule has 2 aliphatic heterocycles. The summed E-state index contributed by atoms with van der Waals surface area (Å²) in [5.41, 5.74) is 1.46. The van der Waals surface area contributed by atoms with Crippen LogP contribution in [-0.4, -0.2) is 30.6 Å². The lowest BCUT2D eigenvalue weighted by Gasteiger charge is -2.23. The Bertz CT molecular complexity index is 349. The maximum atomic E-state index is 3.66. The van der Waals surface area contributed by atoms with Crippen molar-refractivity contribution in [1.29, 1.82) is 0 Å². The zero-order valence-corrected chi connectivity index (χ0v) is 10.4. The molecule has 0 amide bonds. The normalized spacial score (nSPS) is 29.9. The van der Waals surface area contributed by atoms with Crippen molar-refractivity contribution >= 4 is 0 Å². The van der Waals surface area contributed by atoms with E-state index >= 15 is 0 Å². The molecule has 17 heavy (non-hydrogen) atoms. The quantitative estimate of drug-likeness (QED) is 0.838. The summed E-state index contributed by atoms with van der Waals surface area (Å²) < 4.78 is 0. The molecule has 0 saturated carbocycles. The summed E-state index contributed by atoms with van der Waals surface area (Å²) in [4.78, 5) is 2.65. The Kier molecular flexibility index (Phi) is 3.44. The molecule has 2 aliphatic rings. The van der Waals surface area contributed by atoms with Gasteiger partial charge in [-0.25, -0.2) is 0 Å². The number of hydrogen-bond acceptors (Lipinski definition) is 2. The third-order valence-corrected chi connectivity index (χ3v) is 4.22. The number of likely N-dealkylation sites (tertiary alicyclic amines) is 1. The first kappa shape index (κ1) is 11.2. The van der Waals surface area contributed by atoms with Gasteiger partial charge in [-0.1, -0.05) is 30.3 Å². The number of fused-ring (bicyclic) bond motifs is 1. The molecule has 2 heterocycles. The van der Waals surface area contributed by atoms with E-state index < -0.39 is 0 Å². The molecule has 3 rings (SSSR count). The summed E-state index contributed by atoms with van der Waals surface area (Å²) in [5.74, 6) is 0.890. The third kappa shape index (κ3) is 2.70. The number of nitrogens with zero attached hydrogens (tertiary/aromatic N) is 1. The van der Waals surface area contributed by atoms with Crippen molar-refractivity contribution in [3.63, 3.8) is 0 Å². The summed E-state index contributed by atoms with van der Waals surface area (Å²) >= 11 is 0. The fraction of sp³-hybridized carbons (Fsp3) is 0.600. The topological polar surface area (TPSA) is 15.3 Å². The van der Waals surface area contributed by atoms with Crippen molar-refractivity contribution in [2.24, 2.45) is 5.92 Å². The van der Waals surface area contributed by atoms with Gasteiger partial charge in [0.15, 0.2) is 0 Å². The van der Waals surface area contributed by atoms with Crippen LogP contribution in [0.5, 0.6) is 0 Å². The van der Waals surface area contributed by atoms with Crippen molar-refractivity contribution in [2.75, 3.05) is 19.6 Å². The molecular weight excluding hydrogens is 208 g/mol. The van der Waals surface area contributed by atoms with Crippen LogP contribution in [-0.2, 0) is 6.54 Å². The van der Waals surface area contributed by atoms with Gasteiger partial charge in [0.25, 0.3) is 0 Å². The third-order valence-electron chi connectivity index (χ3n) is 4.22. The number of benzene rings is 1. The Morgan fingerprint density at radius 1 is 1.18 bits per heavy atom. The molecule has 1 N–H and O–H groups in total. The summed E-state index contributed by atoms with van der Waals surface area (Å²) in [5, 5.41) is 3.66. The van der Waals surface area contributed by atoms with Gasteiger partial charge >= 0.3 is 0 Å². The van der Waals surface area contributed by atoms with Gasteiger partial charge in [0, 0.05) is 19.1 Å². The Morgan fingerprint density at radius 3 is 2.94 bits per heavy atom. The van der Waals surface area contributed by atoms with E-state index in [1.54, 1.807) is 0 Å². The number of hydrogen-bond donors (Lipinski definition) is 1. The fourth-order valence-electron chi connectivity index (χ4n) is 3.32. The van der Waals surface area contributed by atoms with Crippen LogP contribution in [0.4, 0.5) is 0 Å². The summed E-state index contributed by atoms with van der Waals surface area (Å²) in [6.07, 6.45) is 4.09. The molecule has 0 spiro atoms. The highest BCUT2D eigenvalue weighted by Gasteiger charge is 2.30. The van der Waals surface area contributed by atoms with E-state index in [1.807, 2.05) is 0 Å². The summed E-state index contributed by atoms with van der Waals surface area (Å²) in [6.45, 7) is 4.91. The largest absolute Gasteiger partial charge is 0.314 e. The average Bonchev–Trinajstić information content (AvgIpc) is 2.70. The van der Waals surface area contributed by atoms with E-state index in [2.05, 4.69) is 40.5 Å². The molecular formula is C15H22N2. The van der Waals surface area contributed by atoms with Crippen LogP contribution in [0.15, 0.2) is 30.3 Å². The van der Waals surface area contributed by atoms with Crippen LogP contribution < -0.4 is 5.32 Å². The lowest BCUT2D eigenvalue weighted by atomic mass is 9.98. The van der Waals surface area contributed by atoms with Crippen molar-refractivity contribution in [3.05, 3.63) is 35.9 Å². The van der Waals surface area contributed by atoms with E-state index in [-0.39, 0.29) is 0 Å². The van der Waals surface area contributed by atoms with Crippen molar-refractivity contribution < 1.29 is 0 Å². The molecule has 92 valence electrons. The van der Waals surface area contributed by atoms with Crippen LogP contribution in [0.3, 0.4) is 0 Å². The molecule has 1 aromatic carbocycles. The van der Waals surface area contributed by atoms with E-state index in [1.165, 1.54) is 44.5 Å². The van der Waals surface area contributed by atoms with Gasteiger partial charge in [-0.3, -0.25) is 4.90 Å². The smallest absolute Gasteiger partial charge is 0.0233 e. The van der Waals surface area contributed by atoms with Crippen LogP contribution in [0.1, 0.15) is 24.8 Å². The number of nitrogens with one attached hydrogen (secondary N) is 1. The van der Waals surface area contributed by atoms with Gasteiger partial charge in [0.05, 0.1) is 0 Å². The van der Waals surface area contributed by atoms with E-state index in [9.17, 15) is 0 Å². The molecule has 2 heteroatoms. The van der Waals surface area contributed by atoms with Gasteiger partial charge < -0.3 is 5.32 Å². The lowest BCUT2D eigenvalue weighted by Crippen LogP contribution is -2.32. The second-order valence-corrected chi connectivity index (χ2v) is 5.47. The predicted molar refractivity (Wildman–Crippen MR) is 70.9 cm³/mol. The first-order valence-corrected chi connectivity index (χ1v) is 6.91. The Morgan fingerprint density at radius 2 is 2.06 bits per heavy atom. The van der Waals surface area contributed by atoms with E-state index in [0.29, 0.717) is 0 Å². The predicted octanol–water partition coefficient (Wildman–Crippen LogP) is 2.26. The maximum absolute atomic E-state index is 3.66. The minimum Gasteiger partial charge on any atom is -0.314 e. The molecule has 2 nitrogen and oxygen atoms in total. The lowest BCUT2D eigenvalue weighted by molar-refractivity contribution is 0.240. The van der Waals surface area contributed by atoms with E-state index in [4.69, 9.17) is 0 Å². The average molecular weight is 230 g/mol. The molecule has 2 atom stereocenters. The van der Waals surface area contributed by atoms with Crippen molar-refractivity contribution in [2.45, 2.75) is 31.8 Å². The molecule has 2 unspecified atom stereocenters. The van der Waals surface area contributed by atoms with Crippen molar-refractivity contribution in [1.82, 2.24) is 10.2 Å². The summed E-state index contributed by atoms with van der Waals surface area (Å²) in [7, 11) is 0. The molecule has 0 aromatic heterocycles. The highest BCUT2D eigenvalue weighted by Crippen LogP contribution is 2.25. The second-order valence-electron chi connectivity index (χ2n) is 5.47. The highest BCUT2D eigenvalue weighted by atomic mass is 15.1. The number of rotatable bonds is 2. The first-order chi connectivity index (χ1) is 8.42. The van der Waals surface area contributed by atoms with Crippen LogP contribution >= 0.6 is 0 Å². The van der Waals surface area contributed by atoms with Gasteiger partial charge in [-0.15, -0.1) is 0 Å². The van der Waals surface area contributed by atoms with Crippen LogP contribution in [0, 0.1) is 5.92 Å². The van der Waals surface area contributed by atoms with E-state index in [0.717, 1.165) is 18.5 Å². The SMILES string of the molecule is c1ccc(CN2CCCC3NCCC3C2)cc1. The molecule has 0 radical (unpaired) electrons. The molecule has 2 saturated heterocycles. The zero-order valence-electron chi connectivity index (χ0n) is 10.4. The van der Waals surface area contributed by atoms with Crippen LogP contribution in [0.25, 0.3) is 0 Å². The minimum absolute atomic E-state index is 0.802. The first-order valence-electron chi connectivity index (χ1n) is 6.91. The Hall–Kier alpha value is -0.860. The van der Waals surface area contributed by atoms with Gasteiger partial charge in [-0.05, 0) is 43.8 Å². The minimum atomic E-state index is 0.802. The van der Waals surface area contributed by atoms with Gasteiger partial charge in [0.1, 0.15) is 0 Å².